The smallest absolute Gasteiger partial charge is 0.245 e. The Balaban J connectivity index is 2.37. The number of amides is 1. The summed E-state index contributed by atoms with van der Waals surface area (Å²) in [4.78, 5) is 14.3. The fourth-order valence-electron chi connectivity index (χ4n) is 2.54. The van der Waals surface area contributed by atoms with Gasteiger partial charge in [0.05, 0.1) is 0 Å². The maximum absolute atomic E-state index is 12.1. The average Bonchev–Trinajstić information content (AvgIpc) is 2.40. The van der Waals surface area contributed by atoms with E-state index in [1.165, 1.54) is 5.56 Å². The van der Waals surface area contributed by atoms with Crippen LogP contribution in [0.15, 0.2) is 22.7 Å². The number of halogens is 1. The number of carbonyl (C=O) groups excluding carboxylic acids is 1. The second-order valence-corrected chi connectivity index (χ2v) is 6.44. The van der Waals surface area contributed by atoms with Crippen molar-refractivity contribution in [3.8, 4) is 0 Å². The molecule has 0 atom stereocenters. The van der Waals surface area contributed by atoms with Gasteiger partial charge in [-0.05, 0) is 44.2 Å². The first kappa shape index (κ1) is 15.3. The van der Waals surface area contributed by atoms with Gasteiger partial charge in [0, 0.05) is 29.8 Å². The first-order valence-corrected chi connectivity index (χ1v) is 7.81. The monoisotopic (exact) mass is 339 g/mol. The van der Waals surface area contributed by atoms with Crippen molar-refractivity contribution in [1.82, 2.24) is 10.6 Å². The molecule has 1 amide bonds. The molecule has 20 heavy (non-hydrogen) atoms. The van der Waals surface area contributed by atoms with Crippen LogP contribution < -0.4 is 15.5 Å². The molecular formula is C15H22BrN3O. The van der Waals surface area contributed by atoms with Gasteiger partial charge in [0.15, 0.2) is 0 Å². The van der Waals surface area contributed by atoms with E-state index in [1.807, 2.05) is 19.9 Å². The molecule has 5 heteroatoms. The molecule has 2 N–H and O–H groups in total. The lowest BCUT2D eigenvalue weighted by Crippen LogP contribution is -2.62. The number of anilines is 1. The first-order chi connectivity index (χ1) is 9.46. The summed E-state index contributed by atoms with van der Waals surface area (Å²) >= 11 is 3.53. The fourth-order valence-corrected chi connectivity index (χ4v) is 2.95. The summed E-state index contributed by atoms with van der Waals surface area (Å²) in [5.41, 5.74) is 1.82. The Bertz CT molecular complexity index is 502. The summed E-state index contributed by atoms with van der Waals surface area (Å²) < 4.78 is 1.06. The largest absolute Gasteiger partial charge is 0.355 e. The van der Waals surface area contributed by atoms with Crippen molar-refractivity contribution >= 4 is 27.5 Å². The number of hydrogen-bond donors (Lipinski definition) is 2. The van der Waals surface area contributed by atoms with Crippen LogP contribution in [0.2, 0.25) is 0 Å². The zero-order valence-corrected chi connectivity index (χ0v) is 13.9. The lowest BCUT2D eigenvalue weighted by molar-refractivity contribution is -0.126. The quantitative estimate of drug-likeness (QED) is 0.884. The standard InChI is InChI=1S/C15H22BrN3O/c1-4-17-10-11-9-12(16)5-6-13(11)19-8-7-18-14(20)15(19,2)3/h5-6,9,17H,4,7-8,10H2,1-3H3,(H,18,20). The Morgan fingerprint density at radius 3 is 2.90 bits per heavy atom. The molecule has 1 fully saturated rings. The lowest BCUT2D eigenvalue weighted by atomic mass is 9.96. The molecule has 0 aromatic heterocycles. The molecular weight excluding hydrogens is 318 g/mol. The summed E-state index contributed by atoms with van der Waals surface area (Å²) in [6.07, 6.45) is 0. The number of nitrogens with zero attached hydrogens (tertiary/aromatic N) is 1. The van der Waals surface area contributed by atoms with E-state index >= 15 is 0 Å². The Labute approximate surface area is 129 Å². The van der Waals surface area contributed by atoms with E-state index in [0.29, 0.717) is 6.54 Å². The maximum atomic E-state index is 12.1. The maximum Gasteiger partial charge on any atom is 0.245 e. The second kappa shape index (κ2) is 6.14. The van der Waals surface area contributed by atoms with Gasteiger partial charge >= 0.3 is 0 Å². The van der Waals surface area contributed by atoms with Crippen LogP contribution >= 0.6 is 15.9 Å². The number of rotatable bonds is 4. The number of carbonyl (C=O) groups is 1. The topological polar surface area (TPSA) is 44.4 Å². The Kier molecular flexibility index (Phi) is 4.70. The van der Waals surface area contributed by atoms with Crippen molar-refractivity contribution < 1.29 is 4.79 Å². The van der Waals surface area contributed by atoms with Crippen LogP contribution in [0.5, 0.6) is 0 Å². The number of benzene rings is 1. The lowest BCUT2D eigenvalue weighted by Gasteiger charge is -2.43. The van der Waals surface area contributed by atoms with Crippen LogP contribution in [0.1, 0.15) is 26.3 Å². The van der Waals surface area contributed by atoms with Crippen LogP contribution in [-0.4, -0.2) is 31.1 Å². The molecule has 0 aliphatic carbocycles. The van der Waals surface area contributed by atoms with E-state index in [4.69, 9.17) is 0 Å². The Hall–Kier alpha value is -1.07. The molecule has 0 unspecified atom stereocenters. The molecule has 1 aromatic carbocycles. The van der Waals surface area contributed by atoms with Crippen molar-refractivity contribution in [3.63, 3.8) is 0 Å². The van der Waals surface area contributed by atoms with E-state index in [0.717, 1.165) is 29.8 Å². The molecule has 1 aromatic rings. The minimum atomic E-state index is -0.521. The molecule has 0 saturated carbocycles. The Morgan fingerprint density at radius 1 is 1.45 bits per heavy atom. The number of piperazine rings is 1. The third kappa shape index (κ3) is 2.99. The average molecular weight is 340 g/mol. The van der Waals surface area contributed by atoms with Crippen LogP contribution in [0.3, 0.4) is 0 Å². The van der Waals surface area contributed by atoms with Gasteiger partial charge in [0.2, 0.25) is 5.91 Å². The van der Waals surface area contributed by atoms with Gasteiger partial charge in [-0.1, -0.05) is 22.9 Å². The van der Waals surface area contributed by atoms with E-state index in [2.05, 4.69) is 50.5 Å². The van der Waals surface area contributed by atoms with Crippen LogP contribution in [-0.2, 0) is 11.3 Å². The highest BCUT2D eigenvalue weighted by Gasteiger charge is 2.38. The molecule has 2 rings (SSSR count). The highest BCUT2D eigenvalue weighted by atomic mass is 79.9. The minimum absolute atomic E-state index is 0.0843. The van der Waals surface area contributed by atoms with Gasteiger partial charge in [-0.15, -0.1) is 0 Å². The number of nitrogens with one attached hydrogen (secondary N) is 2. The summed E-state index contributed by atoms with van der Waals surface area (Å²) in [6, 6.07) is 6.26. The van der Waals surface area contributed by atoms with Gasteiger partial charge in [0.25, 0.3) is 0 Å². The molecule has 110 valence electrons. The van der Waals surface area contributed by atoms with Gasteiger partial charge in [-0.3, -0.25) is 4.79 Å². The zero-order chi connectivity index (χ0) is 14.8. The molecule has 1 aliphatic rings. The van der Waals surface area contributed by atoms with Gasteiger partial charge in [-0.2, -0.15) is 0 Å². The van der Waals surface area contributed by atoms with Gasteiger partial charge in [0.1, 0.15) is 5.54 Å². The molecule has 4 nitrogen and oxygen atoms in total. The van der Waals surface area contributed by atoms with E-state index in [-0.39, 0.29) is 5.91 Å². The molecule has 0 radical (unpaired) electrons. The van der Waals surface area contributed by atoms with E-state index in [9.17, 15) is 4.79 Å². The molecule has 1 saturated heterocycles. The van der Waals surface area contributed by atoms with Gasteiger partial charge in [-0.25, -0.2) is 0 Å². The SMILES string of the molecule is CCNCc1cc(Br)ccc1N1CCNC(=O)C1(C)C. The van der Waals surface area contributed by atoms with Crippen molar-refractivity contribution in [1.29, 1.82) is 0 Å². The Morgan fingerprint density at radius 2 is 2.20 bits per heavy atom. The van der Waals surface area contributed by atoms with Crippen LogP contribution in [0.4, 0.5) is 5.69 Å². The minimum Gasteiger partial charge on any atom is -0.355 e. The third-order valence-corrected chi connectivity index (χ3v) is 4.24. The van der Waals surface area contributed by atoms with E-state index < -0.39 is 5.54 Å². The predicted octanol–water partition coefficient (Wildman–Crippen LogP) is 2.27. The summed E-state index contributed by atoms with van der Waals surface area (Å²) in [5.74, 6) is 0.0843. The highest BCUT2D eigenvalue weighted by Crippen LogP contribution is 2.31. The van der Waals surface area contributed by atoms with Crippen molar-refractivity contribution in [2.45, 2.75) is 32.9 Å². The molecule has 1 aliphatic heterocycles. The normalized spacial score (nSPS) is 18.0. The first-order valence-electron chi connectivity index (χ1n) is 7.02. The number of hydrogen-bond acceptors (Lipinski definition) is 3. The van der Waals surface area contributed by atoms with Crippen molar-refractivity contribution in [2.75, 3.05) is 24.5 Å². The third-order valence-electron chi connectivity index (χ3n) is 3.75. The summed E-state index contributed by atoms with van der Waals surface area (Å²) in [5, 5.41) is 6.30. The molecule has 1 heterocycles. The highest BCUT2D eigenvalue weighted by molar-refractivity contribution is 9.10. The molecule has 0 bridgehead atoms. The summed E-state index contributed by atoms with van der Waals surface area (Å²) in [7, 11) is 0. The zero-order valence-electron chi connectivity index (χ0n) is 12.3. The van der Waals surface area contributed by atoms with E-state index in [1.54, 1.807) is 0 Å². The van der Waals surface area contributed by atoms with Crippen molar-refractivity contribution in [2.24, 2.45) is 0 Å². The summed E-state index contributed by atoms with van der Waals surface area (Å²) in [6.45, 7) is 9.30. The van der Waals surface area contributed by atoms with Crippen LogP contribution in [0, 0.1) is 0 Å². The fraction of sp³-hybridized carbons (Fsp3) is 0.533. The van der Waals surface area contributed by atoms with Crippen molar-refractivity contribution in [3.05, 3.63) is 28.2 Å². The van der Waals surface area contributed by atoms with Gasteiger partial charge < -0.3 is 15.5 Å². The van der Waals surface area contributed by atoms with Crippen LogP contribution in [0.25, 0.3) is 0 Å². The molecule has 0 spiro atoms. The second-order valence-electron chi connectivity index (χ2n) is 5.52. The predicted molar refractivity (Wildman–Crippen MR) is 86.0 cm³/mol.